The number of rotatable bonds is 5. The molecule has 1 aliphatic rings. The highest BCUT2D eigenvalue weighted by Crippen LogP contribution is 2.30. The molecular formula is C13H19FN2O2S. The fourth-order valence-corrected chi connectivity index (χ4v) is 3.67. The lowest BCUT2D eigenvalue weighted by atomic mass is 9.81. The third-order valence-electron chi connectivity index (χ3n) is 3.72. The van der Waals surface area contributed by atoms with Crippen LogP contribution in [0.4, 0.5) is 4.39 Å². The van der Waals surface area contributed by atoms with Crippen molar-refractivity contribution in [3.63, 3.8) is 0 Å². The standard InChI is InChI=1S/C13H19FN2O2S/c1-9(11-3-2-4-11)16-19(17,18)13-7-10(8-15)5-6-12(13)14/h5-7,9,11,16H,2-4,8,15H2,1H3. The van der Waals surface area contributed by atoms with Crippen LogP contribution in [0.2, 0.25) is 0 Å². The zero-order valence-electron chi connectivity index (χ0n) is 10.9. The Morgan fingerprint density at radius 1 is 1.47 bits per heavy atom. The Kier molecular flexibility index (Phi) is 4.23. The lowest BCUT2D eigenvalue weighted by molar-refractivity contribution is 0.260. The molecule has 106 valence electrons. The molecule has 6 heteroatoms. The maximum Gasteiger partial charge on any atom is 0.243 e. The second-order valence-corrected chi connectivity index (χ2v) is 6.75. The molecule has 0 heterocycles. The first-order chi connectivity index (χ1) is 8.94. The molecule has 1 unspecified atom stereocenters. The summed E-state index contributed by atoms with van der Waals surface area (Å²) < 4.78 is 40.6. The van der Waals surface area contributed by atoms with E-state index in [1.807, 2.05) is 6.92 Å². The minimum atomic E-state index is -3.82. The second kappa shape index (κ2) is 5.56. The van der Waals surface area contributed by atoms with E-state index in [0.717, 1.165) is 25.3 Å². The van der Waals surface area contributed by atoms with E-state index in [0.29, 0.717) is 11.5 Å². The Labute approximate surface area is 113 Å². The minimum absolute atomic E-state index is 0.167. The van der Waals surface area contributed by atoms with Crippen LogP contribution in [0.3, 0.4) is 0 Å². The summed E-state index contributed by atoms with van der Waals surface area (Å²) in [5.41, 5.74) is 6.05. The number of benzene rings is 1. The molecule has 0 radical (unpaired) electrons. The number of hydrogen-bond acceptors (Lipinski definition) is 3. The van der Waals surface area contributed by atoms with Gasteiger partial charge in [0.2, 0.25) is 10.0 Å². The van der Waals surface area contributed by atoms with Crippen LogP contribution in [0.25, 0.3) is 0 Å². The number of sulfonamides is 1. The summed E-state index contributed by atoms with van der Waals surface area (Å²) in [7, 11) is -3.82. The first kappa shape index (κ1) is 14.4. The summed E-state index contributed by atoms with van der Waals surface area (Å²) in [6, 6.07) is 3.76. The number of hydrogen-bond donors (Lipinski definition) is 2. The molecule has 1 fully saturated rings. The zero-order chi connectivity index (χ0) is 14.0. The average Bonchev–Trinajstić information content (AvgIpc) is 2.26. The molecule has 0 aromatic heterocycles. The molecule has 3 N–H and O–H groups in total. The monoisotopic (exact) mass is 286 g/mol. The van der Waals surface area contributed by atoms with Crippen molar-refractivity contribution in [3.8, 4) is 0 Å². The van der Waals surface area contributed by atoms with Crippen molar-refractivity contribution in [3.05, 3.63) is 29.6 Å². The van der Waals surface area contributed by atoms with E-state index in [1.54, 1.807) is 0 Å². The molecule has 1 aliphatic carbocycles. The zero-order valence-corrected chi connectivity index (χ0v) is 11.7. The largest absolute Gasteiger partial charge is 0.326 e. The van der Waals surface area contributed by atoms with Crippen LogP contribution < -0.4 is 10.5 Å². The topological polar surface area (TPSA) is 72.2 Å². The van der Waals surface area contributed by atoms with Crippen molar-refractivity contribution in [2.45, 2.75) is 43.7 Å². The van der Waals surface area contributed by atoms with Gasteiger partial charge in [-0.15, -0.1) is 0 Å². The Morgan fingerprint density at radius 2 is 2.16 bits per heavy atom. The van der Waals surface area contributed by atoms with E-state index < -0.39 is 15.8 Å². The molecule has 4 nitrogen and oxygen atoms in total. The Bertz CT molecular complexity index is 556. The van der Waals surface area contributed by atoms with Crippen molar-refractivity contribution in [2.24, 2.45) is 11.7 Å². The Balaban J connectivity index is 2.23. The third-order valence-corrected chi connectivity index (χ3v) is 5.29. The van der Waals surface area contributed by atoms with E-state index in [9.17, 15) is 12.8 Å². The number of nitrogens with one attached hydrogen (secondary N) is 1. The molecule has 1 aromatic rings. The van der Waals surface area contributed by atoms with Gasteiger partial charge < -0.3 is 5.73 Å². The van der Waals surface area contributed by atoms with Crippen molar-refractivity contribution >= 4 is 10.0 Å². The Hall–Kier alpha value is -0.980. The van der Waals surface area contributed by atoms with Crippen LogP contribution in [0.15, 0.2) is 23.1 Å². The maximum atomic E-state index is 13.7. The first-order valence-electron chi connectivity index (χ1n) is 6.45. The predicted molar refractivity (Wildman–Crippen MR) is 71.4 cm³/mol. The minimum Gasteiger partial charge on any atom is -0.326 e. The first-order valence-corrected chi connectivity index (χ1v) is 7.93. The van der Waals surface area contributed by atoms with E-state index in [2.05, 4.69) is 4.72 Å². The molecule has 0 saturated heterocycles. The van der Waals surface area contributed by atoms with Crippen LogP contribution in [0.5, 0.6) is 0 Å². The van der Waals surface area contributed by atoms with Crippen LogP contribution in [0, 0.1) is 11.7 Å². The maximum absolute atomic E-state index is 13.7. The summed E-state index contributed by atoms with van der Waals surface area (Å²) in [5.74, 6) is -0.388. The van der Waals surface area contributed by atoms with Gasteiger partial charge in [0.05, 0.1) is 0 Å². The van der Waals surface area contributed by atoms with Crippen molar-refractivity contribution in [2.75, 3.05) is 0 Å². The van der Waals surface area contributed by atoms with Crippen LogP contribution >= 0.6 is 0 Å². The molecule has 1 aromatic carbocycles. The molecule has 2 rings (SSSR count). The van der Waals surface area contributed by atoms with Crippen LogP contribution in [0.1, 0.15) is 31.7 Å². The van der Waals surface area contributed by atoms with Crippen LogP contribution in [-0.4, -0.2) is 14.5 Å². The highest BCUT2D eigenvalue weighted by Gasteiger charge is 2.29. The van der Waals surface area contributed by atoms with Gasteiger partial charge in [0.1, 0.15) is 10.7 Å². The predicted octanol–water partition coefficient (Wildman–Crippen LogP) is 1.75. The second-order valence-electron chi connectivity index (χ2n) is 5.07. The van der Waals surface area contributed by atoms with Crippen molar-refractivity contribution in [1.29, 1.82) is 0 Å². The summed E-state index contributed by atoms with van der Waals surface area (Å²) in [6.45, 7) is 2.01. The molecular weight excluding hydrogens is 267 g/mol. The van der Waals surface area contributed by atoms with E-state index >= 15 is 0 Å². The Morgan fingerprint density at radius 3 is 2.68 bits per heavy atom. The van der Waals surface area contributed by atoms with E-state index in [1.165, 1.54) is 12.1 Å². The summed E-state index contributed by atoms with van der Waals surface area (Å²) in [4.78, 5) is -0.318. The fourth-order valence-electron chi connectivity index (χ4n) is 2.22. The summed E-state index contributed by atoms with van der Waals surface area (Å²) >= 11 is 0. The van der Waals surface area contributed by atoms with E-state index in [-0.39, 0.29) is 17.5 Å². The van der Waals surface area contributed by atoms with E-state index in [4.69, 9.17) is 5.73 Å². The lowest BCUT2D eigenvalue weighted by Gasteiger charge is -2.31. The fraction of sp³-hybridized carbons (Fsp3) is 0.538. The average molecular weight is 286 g/mol. The van der Waals surface area contributed by atoms with Gasteiger partial charge in [-0.05, 0) is 43.4 Å². The highest BCUT2D eigenvalue weighted by molar-refractivity contribution is 7.89. The number of nitrogens with two attached hydrogens (primary N) is 1. The quantitative estimate of drug-likeness (QED) is 0.866. The van der Waals surface area contributed by atoms with Gasteiger partial charge in [-0.1, -0.05) is 12.5 Å². The van der Waals surface area contributed by atoms with Crippen LogP contribution in [-0.2, 0) is 16.6 Å². The van der Waals surface area contributed by atoms with Gasteiger partial charge in [-0.2, -0.15) is 0 Å². The smallest absolute Gasteiger partial charge is 0.243 e. The van der Waals surface area contributed by atoms with Gasteiger partial charge in [0, 0.05) is 12.6 Å². The van der Waals surface area contributed by atoms with Gasteiger partial charge >= 0.3 is 0 Å². The van der Waals surface area contributed by atoms with Gasteiger partial charge in [0.15, 0.2) is 0 Å². The van der Waals surface area contributed by atoms with Gasteiger partial charge in [-0.3, -0.25) is 0 Å². The molecule has 0 aliphatic heterocycles. The SMILES string of the molecule is CC(NS(=O)(=O)c1cc(CN)ccc1F)C1CCC1. The summed E-state index contributed by atoms with van der Waals surface area (Å²) in [5, 5.41) is 0. The molecule has 19 heavy (non-hydrogen) atoms. The molecule has 0 spiro atoms. The molecule has 0 amide bonds. The highest BCUT2D eigenvalue weighted by atomic mass is 32.2. The molecule has 0 bridgehead atoms. The third kappa shape index (κ3) is 3.13. The molecule has 1 atom stereocenters. The molecule has 1 saturated carbocycles. The van der Waals surface area contributed by atoms with Gasteiger partial charge in [-0.25, -0.2) is 17.5 Å². The number of halogens is 1. The van der Waals surface area contributed by atoms with Gasteiger partial charge in [0.25, 0.3) is 0 Å². The lowest BCUT2D eigenvalue weighted by Crippen LogP contribution is -2.40. The van der Waals surface area contributed by atoms with Crippen molar-refractivity contribution < 1.29 is 12.8 Å². The normalized spacial score (nSPS) is 18.1. The van der Waals surface area contributed by atoms with Crippen molar-refractivity contribution in [1.82, 2.24) is 4.72 Å². The summed E-state index contributed by atoms with van der Waals surface area (Å²) in [6.07, 6.45) is 3.18.